The van der Waals surface area contributed by atoms with Crippen LogP contribution in [0, 0.1) is 0 Å². The zero-order valence-corrected chi connectivity index (χ0v) is 29.7. The number of fused-ring (bicyclic) bond motifs is 1. The van der Waals surface area contributed by atoms with Crippen LogP contribution in [-0.2, 0) is 15.4 Å². The average Bonchev–Trinajstić information content (AvgIpc) is 3.04. The lowest BCUT2D eigenvalue weighted by atomic mass is 9.86. The number of halogens is 3. The number of carbonyl (C=O) groups excluding carboxylic acids is 1. The van der Waals surface area contributed by atoms with Gasteiger partial charge in [0.25, 0.3) is 0 Å². The molecule has 0 aliphatic heterocycles. The normalized spacial score (nSPS) is 11.8. The number of hydrogen-bond donors (Lipinski definition) is 5. The van der Waals surface area contributed by atoms with Gasteiger partial charge in [0.1, 0.15) is 28.6 Å². The van der Waals surface area contributed by atoms with Crippen LogP contribution >= 0.6 is 0 Å². The third-order valence-electron chi connectivity index (χ3n) is 7.50. The molecule has 0 aliphatic carbocycles. The van der Waals surface area contributed by atoms with Gasteiger partial charge in [0.2, 0.25) is 10.0 Å². The Bertz CT molecular complexity index is 2310. The summed E-state index contributed by atoms with van der Waals surface area (Å²) >= 11 is 0. The average molecular weight is 754 g/mol. The lowest BCUT2D eigenvalue weighted by Gasteiger charge is -2.24. The van der Waals surface area contributed by atoms with Gasteiger partial charge < -0.3 is 35.3 Å². The van der Waals surface area contributed by atoms with Crippen LogP contribution in [0.2, 0.25) is 0 Å². The molecule has 0 radical (unpaired) electrons. The van der Waals surface area contributed by atoms with Crippen molar-refractivity contribution in [2.45, 2.75) is 32.5 Å². The van der Waals surface area contributed by atoms with E-state index in [1.165, 1.54) is 25.4 Å². The number of alkyl halides is 3. The first-order chi connectivity index (χ1) is 24.8. The molecule has 53 heavy (non-hydrogen) atoms. The minimum absolute atomic E-state index is 0.0729. The maximum Gasteiger partial charge on any atom is 0.573 e. The highest BCUT2D eigenvalue weighted by molar-refractivity contribution is 7.92. The summed E-state index contributed by atoms with van der Waals surface area (Å²) in [6, 6.07) is 19.2. The van der Waals surface area contributed by atoms with Crippen LogP contribution in [0.4, 0.5) is 46.5 Å². The number of carboxylic acid groups (broad SMARTS) is 1. The van der Waals surface area contributed by atoms with Gasteiger partial charge >= 0.3 is 18.4 Å². The van der Waals surface area contributed by atoms with Crippen LogP contribution in [0.15, 0.2) is 85.1 Å². The predicted octanol–water partition coefficient (Wildman–Crippen LogP) is 8.69. The summed E-state index contributed by atoms with van der Waals surface area (Å²) in [7, 11) is -2.32. The highest BCUT2D eigenvalue weighted by atomic mass is 32.2. The minimum Gasteiger partial charge on any atom is -0.492 e. The number of nitrogens with one attached hydrogen (secondary N) is 4. The number of methoxy groups -OCH3 is 1. The van der Waals surface area contributed by atoms with Gasteiger partial charge in [-0.2, -0.15) is 0 Å². The second-order valence-corrected chi connectivity index (χ2v) is 14.4. The number of carbonyl (C=O) groups is 2. The van der Waals surface area contributed by atoms with Crippen molar-refractivity contribution in [3.63, 3.8) is 0 Å². The van der Waals surface area contributed by atoms with E-state index in [4.69, 9.17) is 9.47 Å². The Labute approximate surface area is 302 Å². The van der Waals surface area contributed by atoms with E-state index in [1.54, 1.807) is 54.6 Å². The smallest absolute Gasteiger partial charge is 0.492 e. The molecule has 1 heterocycles. The molecule has 0 fully saturated rings. The third kappa shape index (κ3) is 9.76. The highest BCUT2D eigenvalue weighted by Crippen LogP contribution is 2.40. The molecule has 5 rings (SSSR count). The quantitative estimate of drug-likeness (QED) is 0.0877. The Hall–Kier alpha value is -6.23. The topological polar surface area (TPSA) is 177 Å². The highest BCUT2D eigenvalue weighted by Gasteiger charge is 2.33. The van der Waals surface area contributed by atoms with Crippen LogP contribution in [0.3, 0.4) is 0 Å². The Balaban J connectivity index is 1.38. The molecule has 5 aromatic rings. The van der Waals surface area contributed by atoms with E-state index in [0.29, 0.717) is 28.0 Å². The van der Waals surface area contributed by atoms with Gasteiger partial charge in [-0.15, -0.1) is 13.2 Å². The van der Waals surface area contributed by atoms with E-state index in [1.807, 2.05) is 20.8 Å². The van der Waals surface area contributed by atoms with Crippen LogP contribution in [0.5, 0.6) is 23.0 Å². The Morgan fingerprint density at radius 2 is 1.51 bits per heavy atom. The minimum atomic E-state index is -5.11. The van der Waals surface area contributed by atoms with Gasteiger partial charge in [0, 0.05) is 34.8 Å². The third-order valence-corrected chi connectivity index (χ3v) is 8.09. The van der Waals surface area contributed by atoms with Crippen molar-refractivity contribution < 1.29 is 50.5 Å². The first-order valence-corrected chi connectivity index (χ1v) is 17.5. The van der Waals surface area contributed by atoms with E-state index in [9.17, 15) is 36.3 Å². The van der Waals surface area contributed by atoms with Gasteiger partial charge in [-0.3, -0.25) is 4.72 Å². The molecule has 0 spiro atoms. The molecule has 1 aromatic heterocycles. The molecule has 0 saturated carbocycles. The van der Waals surface area contributed by atoms with Gasteiger partial charge in [-0.25, -0.2) is 23.0 Å². The zero-order chi connectivity index (χ0) is 38.7. The number of benzene rings is 4. The van der Waals surface area contributed by atoms with Crippen molar-refractivity contribution in [3.05, 3.63) is 96.2 Å². The van der Waals surface area contributed by atoms with Gasteiger partial charge in [-0.1, -0.05) is 45.0 Å². The Morgan fingerprint density at radius 1 is 0.830 bits per heavy atom. The first-order valence-electron chi connectivity index (χ1n) is 15.6. The van der Waals surface area contributed by atoms with E-state index >= 15 is 0 Å². The molecular weight excluding hydrogens is 719 g/mol. The number of aromatic carboxylic acids is 1. The number of carboxylic acids is 1. The van der Waals surface area contributed by atoms with Crippen molar-refractivity contribution >= 4 is 61.4 Å². The SMILES string of the molecule is COc1c(NC(=O)Nc2ccc(Oc3ccnc(Nc4ccc(C(=O)O)c(OC(F)(F)F)c4)c3)c3ccccc23)cc(C(C)(C)C)cc1NS(C)(=O)=O. The number of rotatable bonds is 11. The number of sulfonamides is 1. The van der Waals surface area contributed by atoms with Crippen molar-refractivity contribution in [1.29, 1.82) is 0 Å². The van der Waals surface area contributed by atoms with E-state index < -0.39 is 45.1 Å². The molecular formula is C36H34F3N5O8S. The summed E-state index contributed by atoms with van der Waals surface area (Å²) < 4.78 is 81.0. The molecule has 0 atom stereocenters. The van der Waals surface area contributed by atoms with Crippen molar-refractivity contribution in [2.75, 3.05) is 34.0 Å². The summed E-state index contributed by atoms with van der Waals surface area (Å²) in [4.78, 5) is 29.0. The molecule has 0 aliphatic rings. The van der Waals surface area contributed by atoms with Crippen molar-refractivity contribution in [3.8, 4) is 23.0 Å². The molecule has 278 valence electrons. The van der Waals surface area contributed by atoms with Gasteiger partial charge in [0.05, 0.1) is 30.4 Å². The maximum absolute atomic E-state index is 13.4. The summed E-state index contributed by atoms with van der Waals surface area (Å²) in [5, 5.41) is 18.9. The molecule has 0 saturated heterocycles. The molecule has 0 bridgehead atoms. The number of ether oxygens (including phenoxy) is 3. The number of hydrogen-bond acceptors (Lipinski definition) is 9. The zero-order valence-electron chi connectivity index (χ0n) is 28.9. The maximum atomic E-state index is 13.4. The van der Waals surface area contributed by atoms with Crippen LogP contribution in [0.1, 0.15) is 36.7 Å². The number of pyridine rings is 1. The fraction of sp³-hybridized carbons (Fsp3) is 0.194. The monoisotopic (exact) mass is 753 g/mol. The van der Waals surface area contributed by atoms with Crippen LogP contribution in [-0.4, -0.2) is 50.2 Å². The fourth-order valence-corrected chi connectivity index (χ4v) is 5.75. The summed E-state index contributed by atoms with van der Waals surface area (Å²) in [6.45, 7) is 5.82. The Kier molecular flexibility index (Phi) is 10.6. The lowest BCUT2D eigenvalue weighted by Crippen LogP contribution is -2.22. The summed E-state index contributed by atoms with van der Waals surface area (Å²) in [5.74, 6) is -1.52. The van der Waals surface area contributed by atoms with Gasteiger partial charge in [0.15, 0.2) is 5.75 Å². The molecule has 5 N–H and O–H groups in total. The molecule has 4 aromatic carbocycles. The van der Waals surface area contributed by atoms with E-state index in [2.05, 4.69) is 30.4 Å². The van der Waals surface area contributed by atoms with E-state index in [-0.39, 0.29) is 28.6 Å². The fourth-order valence-electron chi connectivity index (χ4n) is 5.20. The lowest BCUT2D eigenvalue weighted by molar-refractivity contribution is -0.274. The second kappa shape index (κ2) is 14.8. The van der Waals surface area contributed by atoms with Crippen molar-refractivity contribution in [1.82, 2.24) is 4.98 Å². The first kappa shape index (κ1) is 38.0. The summed E-state index contributed by atoms with van der Waals surface area (Å²) in [6.07, 6.45) is -2.70. The van der Waals surface area contributed by atoms with E-state index in [0.717, 1.165) is 24.0 Å². The van der Waals surface area contributed by atoms with Crippen LogP contribution in [0.25, 0.3) is 10.8 Å². The van der Waals surface area contributed by atoms with Gasteiger partial charge in [-0.05, 0) is 53.4 Å². The number of anilines is 5. The molecule has 13 nitrogen and oxygen atoms in total. The number of urea groups is 1. The summed E-state index contributed by atoms with van der Waals surface area (Å²) in [5.41, 5.74) is 0.539. The number of nitrogens with zero attached hydrogens (tertiary/aromatic N) is 1. The Morgan fingerprint density at radius 3 is 2.15 bits per heavy atom. The molecule has 0 unspecified atom stereocenters. The number of aromatic nitrogens is 1. The largest absolute Gasteiger partial charge is 0.573 e. The predicted molar refractivity (Wildman–Crippen MR) is 194 cm³/mol. The molecule has 17 heteroatoms. The van der Waals surface area contributed by atoms with Crippen molar-refractivity contribution in [2.24, 2.45) is 0 Å². The standard InChI is InChI=1S/C36H34F3N5O8S/c1-35(2,3)20-16-27(32(50-4)28(17-20)44-53(5,48)49)43-34(47)42-26-12-13-29(24-9-7-6-8-23(24)26)51-22-14-15-40-31(19-22)41-21-10-11-25(33(45)46)30(18-21)52-36(37,38)39/h6-19,44H,1-5H3,(H,40,41)(H,45,46)(H2,42,43,47). The molecule has 2 amide bonds. The number of amides is 2. The van der Waals surface area contributed by atoms with Crippen LogP contribution < -0.4 is 34.9 Å². The second-order valence-electron chi connectivity index (χ2n) is 12.6.